The number of rotatable bonds is 8. The van der Waals surface area contributed by atoms with Crippen molar-refractivity contribution < 1.29 is 13.9 Å². The first-order valence-electron chi connectivity index (χ1n) is 10.8. The van der Waals surface area contributed by atoms with Gasteiger partial charge in [0.2, 0.25) is 0 Å². The summed E-state index contributed by atoms with van der Waals surface area (Å²) < 4.78 is 18.7. The van der Waals surface area contributed by atoms with Gasteiger partial charge in [-0.3, -0.25) is 10.2 Å². The summed E-state index contributed by atoms with van der Waals surface area (Å²) in [5.41, 5.74) is 8.33. The average molecular weight is 464 g/mol. The van der Waals surface area contributed by atoms with Crippen molar-refractivity contribution in [1.29, 1.82) is 5.41 Å². The smallest absolute Gasteiger partial charge is 0.255 e. The molecule has 0 radical (unpaired) electrons. The number of hydrogen-bond donors (Lipinski definition) is 5. The molecule has 34 heavy (non-hydrogen) atoms. The Bertz CT molecular complexity index is 1190. The number of nitrogens with one attached hydrogen (secondary N) is 4. The minimum Gasteiger partial charge on any atom is -0.496 e. The van der Waals surface area contributed by atoms with Crippen LogP contribution in [0.5, 0.6) is 5.75 Å². The van der Waals surface area contributed by atoms with Crippen LogP contribution in [0.15, 0.2) is 48.8 Å². The molecule has 2 heterocycles. The minimum atomic E-state index is -0.518. The highest BCUT2D eigenvalue weighted by molar-refractivity contribution is 6.16. The van der Waals surface area contributed by atoms with Crippen LogP contribution in [0.2, 0.25) is 0 Å². The molecule has 1 unspecified atom stereocenters. The Hall–Kier alpha value is -4.05. The van der Waals surface area contributed by atoms with Crippen LogP contribution in [-0.2, 0) is 6.54 Å². The molecular formula is C24H26FN7O2. The van der Waals surface area contributed by atoms with Crippen molar-refractivity contribution in [3.63, 3.8) is 0 Å². The summed E-state index contributed by atoms with van der Waals surface area (Å²) in [6, 6.07) is 11.2. The van der Waals surface area contributed by atoms with E-state index in [0.717, 1.165) is 31.1 Å². The number of hydrogen-bond acceptors (Lipinski definition) is 8. The van der Waals surface area contributed by atoms with E-state index in [9.17, 15) is 9.18 Å². The van der Waals surface area contributed by atoms with E-state index in [2.05, 4.69) is 25.9 Å². The third kappa shape index (κ3) is 5.12. The molecule has 6 N–H and O–H groups in total. The van der Waals surface area contributed by atoms with Gasteiger partial charge in [-0.05, 0) is 36.7 Å². The molecule has 1 aromatic heterocycles. The Balaban J connectivity index is 1.45. The predicted molar refractivity (Wildman–Crippen MR) is 128 cm³/mol. The molecule has 1 fully saturated rings. The number of methoxy groups -OCH3 is 1. The Morgan fingerprint density at radius 2 is 2.06 bits per heavy atom. The Kier molecular flexibility index (Phi) is 6.98. The van der Waals surface area contributed by atoms with Gasteiger partial charge in [-0.1, -0.05) is 24.3 Å². The van der Waals surface area contributed by atoms with Gasteiger partial charge in [-0.25, -0.2) is 14.4 Å². The van der Waals surface area contributed by atoms with Crippen LogP contribution >= 0.6 is 0 Å². The summed E-state index contributed by atoms with van der Waals surface area (Å²) in [7, 11) is 1.42. The van der Waals surface area contributed by atoms with Gasteiger partial charge in [0.25, 0.3) is 5.91 Å². The molecule has 1 atom stereocenters. The number of nitrogens with two attached hydrogens (primary N) is 1. The van der Waals surface area contributed by atoms with Gasteiger partial charge in [0.05, 0.1) is 23.9 Å². The van der Waals surface area contributed by atoms with Crippen LogP contribution in [0.4, 0.5) is 16.0 Å². The highest BCUT2D eigenvalue weighted by Gasteiger charge is 2.21. The normalized spacial score (nSPS) is 15.1. The number of nitrogen functional groups attached to an aromatic ring is 1. The number of ether oxygens (including phenoxy) is 1. The second kappa shape index (κ2) is 10.3. The summed E-state index contributed by atoms with van der Waals surface area (Å²) in [6.07, 6.45) is 2.34. The van der Waals surface area contributed by atoms with E-state index in [-0.39, 0.29) is 29.7 Å². The van der Waals surface area contributed by atoms with Crippen molar-refractivity contribution in [1.82, 2.24) is 20.6 Å². The number of benzene rings is 2. The molecule has 0 aliphatic carbocycles. The highest BCUT2D eigenvalue weighted by Crippen LogP contribution is 2.23. The first kappa shape index (κ1) is 23.1. The van der Waals surface area contributed by atoms with E-state index in [0.29, 0.717) is 22.7 Å². The third-order valence-electron chi connectivity index (χ3n) is 5.63. The molecule has 4 rings (SSSR count). The molecule has 1 amide bonds. The summed E-state index contributed by atoms with van der Waals surface area (Å²) in [5.74, 6) is 0.0964. The molecular weight excluding hydrogens is 437 g/mol. The third-order valence-corrected chi connectivity index (χ3v) is 5.63. The van der Waals surface area contributed by atoms with Gasteiger partial charge in [-0.15, -0.1) is 0 Å². The number of carbonyl (C=O) groups excluding carboxylic acids is 1. The summed E-state index contributed by atoms with van der Waals surface area (Å²) >= 11 is 0. The second-order valence-electron chi connectivity index (χ2n) is 7.92. The van der Waals surface area contributed by atoms with Crippen molar-refractivity contribution >= 4 is 23.3 Å². The van der Waals surface area contributed by atoms with Gasteiger partial charge in [0, 0.05) is 24.7 Å². The lowest BCUT2D eigenvalue weighted by molar-refractivity contribution is 0.0947. The summed E-state index contributed by atoms with van der Waals surface area (Å²) in [4.78, 5) is 20.9. The predicted octanol–water partition coefficient (Wildman–Crippen LogP) is 2.33. The minimum absolute atomic E-state index is 0.123. The summed E-state index contributed by atoms with van der Waals surface area (Å²) in [6.45, 7) is 1.97. The maximum atomic E-state index is 13.6. The quantitative estimate of drug-likeness (QED) is 0.323. The van der Waals surface area contributed by atoms with Crippen molar-refractivity contribution in [2.45, 2.75) is 19.0 Å². The molecule has 0 spiro atoms. The maximum Gasteiger partial charge on any atom is 0.255 e. The molecule has 1 saturated heterocycles. The lowest BCUT2D eigenvalue weighted by atomic mass is 10.0. The van der Waals surface area contributed by atoms with Gasteiger partial charge in [0.15, 0.2) is 0 Å². The lowest BCUT2D eigenvalue weighted by Crippen LogP contribution is -2.25. The van der Waals surface area contributed by atoms with Gasteiger partial charge in [-0.2, -0.15) is 0 Å². The number of aromatic nitrogens is 2. The van der Waals surface area contributed by atoms with E-state index < -0.39 is 11.7 Å². The van der Waals surface area contributed by atoms with E-state index in [4.69, 9.17) is 15.9 Å². The van der Waals surface area contributed by atoms with Gasteiger partial charge < -0.3 is 26.4 Å². The van der Waals surface area contributed by atoms with E-state index >= 15 is 0 Å². The van der Waals surface area contributed by atoms with Crippen molar-refractivity contribution in [3.05, 3.63) is 76.9 Å². The molecule has 3 aromatic rings. The van der Waals surface area contributed by atoms with Crippen molar-refractivity contribution in [2.24, 2.45) is 0 Å². The molecule has 2 aromatic carbocycles. The first-order chi connectivity index (χ1) is 16.5. The van der Waals surface area contributed by atoms with Gasteiger partial charge >= 0.3 is 0 Å². The SMILES string of the molecule is COc1ccc(F)cc1C(=O)NCc1ccc(C(=N)c2c(N)ncnc2NC2CCNC2)cc1. The Morgan fingerprint density at radius 1 is 1.26 bits per heavy atom. The molecule has 176 valence electrons. The van der Waals surface area contributed by atoms with Crippen LogP contribution in [0, 0.1) is 11.2 Å². The highest BCUT2D eigenvalue weighted by atomic mass is 19.1. The largest absolute Gasteiger partial charge is 0.496 e. The second-order valence-corrected chi connectivity index (χ2v) is 7.92. The van der Waals surface area contributed by atoms with Gasteiger partial charge in [0.1, 0.15) is 29.5 Å². The van der Waals surface area contributed by atoms with E-state index in [1.165, 1.54) is 25.6 Å². The molecule has 1 aliphatic rings. The molecule has 10 heteroatoms. The number of anilines is 2. The zero-order chi connectivity index (χ0) is 24.1. The lowest BCUT2D eigenvalue weighted by Gasteiger charge is -2.17. The Morgan fingerprint density at radius 3 is 2.76 bits per heavy atom. The van der Waals surface area contributed by atoms with Crippen LogP contribution < -0.4 is 26.4 Å². The van der Waals surface area contributed by atoms with Crippen LogP contribution in [-0.4, -0.2) is 47.8 Å². The number of nitrogens with zero attached hydrogens (tertiary/aromatic N) is 2. The van der Waals surface area contributed by atoms with Crippen LogP contribution in [0.3, 0.4) is 0 Å². The monoisotopic (exact) mass is 463 g/mol. The molecule has 9 nitrogen and oxygen atoms in total. The fraction of sp³-hybridized carbons (Fsp3) is 0.250. The topological polar surface area (TPSA) is 138 Å². The van der Waals surface area contributed by atoms with Crippen LogP contribution in [0.25, 0.3) is 0 Å². The maximum absolute atomic E-state index is 13.6. The molecule has 1 aliphatic heterocycles. The van der Waals surface area contributed by atoms with Crippen molar-refractivity contribution in [3.8, 4) is 5.75 Å². The van der Waals surface area contributed by atoms with E-state index in [1.54, 1.807) is 24.3 Å². The summed E-state index contributed by atoms with van der Waals surface area (Å²) in [5, 5.41) is 18.1. The van der Waals surface area contributed by atoms with E-state index in [1.807, 2.05) is 0 Å². The molecule has 0 bridgehead atoms. The Labute approximate surface area is 196 Å². The first-order valence-corrected chi connectivity index (χ1v) is 10.8. The zero-order valence-corrected chi connectivity index (χ0v) is 18.7. The van der Waals surface area contributed by atoms with Crippen LogP contribution in [0.1, 0.15) is 33.5 Å². The standard InChI is InChI=1S/C24H26FN7O2/c1-34-19-7-6-16(25)10-18(19)24(33)29-11-14-2-4-15(5-3-14)21(26)20-22(27)30-13-31-23(20)32-17-8-9-28-12-17/h2-7,10,13,17,26,28H,8-9,11-12H2,1H3,(H,29,33)(H3,27,30,31,32). The average Bonchev–Trinajstić information content (AvgIpc) is 3.36. The fourth-order valence-electron chi connectivity index (χ4n) is 3.80. The number of amides is 1. The fourth-order valence-corrected chi connectivity index (χ4v) is 3.80. The van der Waals surface area contributed by atoms with Crippen molar-refractivity contribution in [2.75, 3.05) is 31.2 Å². The molecule has 0 saturated carbocycles. The zero-order valence-electron chi connectivity index (χ0n) is 18.7. The number of halogens is 1. The number of carbonyl (C=O) groups is 1.